The van der Waals surface area contributed by atoms with E-state index in [0.29, 0.717) is 36.3 Å². The lowest BCUT2D eigenvalue weighted by Gasteiger charge is -2.33. The molecule has 2 aromatic rings. The van der Waals surface area contributed by atoms with Crippen LogP contribution in [0.15, 0.2) is 48.5 Å². The lowest BCUT2D eigenvalue weighted by molar-refractivity contribution is -0.139. The number of aliphatic carboxylic acids is 1. The van der Waals surface area contributed by atoms with Gasteiger partial charge in [-0.1, -0.05) is 36.4 Å². The molecule has 1 N–H and O–H groups in total. The number of fused-ring (bicyclic) bond motifs is 2. The van der Waals surface area contributed by atoms with Crippen LogP contribution in [0.3, 0.4) is 0 Å². The number of para-hydroxylation sites is 1. The molecule has 0 aromatic heterocycles. The number of nitrogens with zero attached hydrogens (tertiary/aromatic N) is 2. The van der Waals surface area contributed by atoms with Crippen LogP contribution in [0.1, 0.15) is 33.8 Å². The van der Waals surface area contributed by atoms with E-state index in [9.17, 15) is 19.5 Å². The average Bonchev–Trinajstić information content (AvgIpc) is 2.96. The van der Waals surface area contributed by atoms with E-state index in [0.717, 1.165) is 5.56 Å². The molecule has 2 aliphatic heterocycles. The molecule has 0 spiro atoms. The molecule has 1 atom stereocenters. The Morgan fingerprint density at radius 3 is 2.58 bits per heavy atom. The molecule has 26 heavy (non-hydrogen) atoms. The minimum atomic E-state index is -0.880. The summed E-state index contributed by atoms with van der Waals surface area (Å²) >= 11 is 0. The van der Waals surface area contributed by atoms with Crippen molar-refractivity contribution in [3.63, 3.8) is 0 Å². The third-order valence-corrected chi connectivity index (χ3v) is 5.07. The number of hydrogen-bond donors (Lipinski definition) is 1. The maximum Gasteiger partial charge on any atom is 0.311 e. The fraction of sp³-hybridized carbons (Fsp3) is 0.250. The van der Waals surface area contributed by atoms with Gasteiger partial charge in [-0.2, -0.15) is 0 Å². The standard InChI is InChI=1S/C20H18N2O4/c23-18(12-21-11-13-5-1-2-6-14(13)19(21)24)22-10-9-16(20(25)26)15-7-3-4-8-17(15)22/h1-8,16H,9-12H2,(H,25,26). The van der Waals surface area contributed by atoms with E-state index < -0.39 is 11.9 Å². The van der Waals surface area contributed by atoms with E-state index >= 15 is 0 Å². The summed E-state index contributed by atoms with van der Waals surface area (Å²) in [6.45, 7) is 0.745. The van der Waals surface area contributed by atoms with Crippen LogP contribution in [0.2, 0.25) is 0 Å². The molecule has 2 amide bonds. The van der Waals surface area contributed by atoms with Crippen molar-refractivity contribution in [1.29, 1.82) is 0 Å². The van der Waals surface area contributed by atoms with Crippen molar-refractivity contribution in [2.45, 2.75) is 18.9 Å². The van der Waals surface area contributed by atoms with Crippen molar-refractivity contribution in [3.8, 4) is 0 Å². The summed E-state index contributed by atoms with van der Waals surface area (Å²) in [6, 6.07) is 14.5. The summed E-state index contributed by atoms with van der Waals surface area (Å²) < 4.78 is 0. The van der Waals surface area contributed by atoms with Gasteiger partial charge in [-0.05, 0) is 29.7 Å². The van der Waals surface area contributed by atoms with Gasteiger partial charge in [0, 0.05) is 24.3 Å². The lowest BCUT2D eigenvalue weighted by Crippen LogP contribution is -2.44. The minimum absolute atomic E-state index is 0.0143. The number of carbonyl (C=O) groups excluding carboxylic acids is 2. The number of benzene rings is 2. The van der Waals surface area contributed by atoms with Crippen molar-refractivity contribution in [1.82, 2.24) is 4.90 Å². The zero-order chi connectivity index (χ0) is 18.3. The van der Waals surface area contributed by atoms with Crippen LogP contribution in [-0.4, -0.2) is 40.9 Å². The Kier molecular flexibility index (Phi) is 3.95. The first kappa shape index (κ1) is 16.3. The largest absolute Gasteiger partial charge is 0.481 e. The van der Waals surface area contributed by atoms with Gasteiger partial charge < -0.3 is 14.9 Å². The topological polar surface area (TPSA) is 77.9 Å². The van der Waals surface area contributed by atoms with Crippen LogP contribution in [0.5, 0.6) is 0 Å². The molecule has 0 saturated carbocycles. The summed E-state index contributed by atoms with van der Waals surface area (Å²) in [5, 5.41) is 9.42. The van der Waals surface area contributed by atoms with Crippen LogP contribution < -0.4 is 4.90 Å². The van der Waals surface area contributed by atoms with Gasteiger partial charge in [0.15, 0.2) is 0 Å². The molecule has 0 aliphatic carbocycles. The van der Waals surface area contributed by atoms with Crippen LogP contribution in [0.4, 0.5) is 5.69 Å². The Balaban J connectivity index is 1.55. The molecule has 132 valence electrons. The molecule has 6 heteroatoms. The third kappa shape index (κ3) is 2.63. The fourth-order valence-electron chi connectivity index (χ4n) is 3.77. The lowest BCUT2D eigenvalue weighted by atomic mass is 9.90. The molecule has 4 rings (SSSR count). The smallest absolute Gasteiger partial charge is 0.311 e. The van der Waals surface area contributed by atoms with Gasteiger partial charge in [0.1, 0.15) is 6.54 Å². The van der Waals surface area contributed by atoms with Crippen LogP contribution in [-0.2, 0) is 16.1 Å². The number of anilines is 1. The number of carbonyl (C=O) groups is 3. The van der Waals surface area contributed by atoms with Crippen molar-refractivity contribution in [3.05, 3.63) is 65.2 Å². The highest BCUT2D eigenvalue weighted by atomic mass is 16.4. The normalized spacial score (nSPS) is 18.5. The number of carboxylic acids is 1. The molecular weight excluding hydrogens is 332 g/mol. The van der Waals surface area contributed by atoms with Gasteiger partial charge in [0.25, 0.3) is 5.91 Å². The van der Waals surface area contributed by atoms with Crippen LogP contribution >= 0.6 is 0 Å². The zero-order valence-corrected chi connectivity index (χ0v) is 14.1. The predicted octanol–water partition coefficient (Wildman–Crippen LogP) is 2.25. The Morgan fingerprint density at radius 2 is 1.81 bits per heavy atom. The Hall–Kier alpha value is -3.15. The summed E-state index contributed by atoms with van der Waals surface area (Å²) in [7, 11) is 0. The summed E-state index contributed by atoms with van der Waals surface area (Å²) in [6.07, 6.45) is 0.367. The molecule has 2 heterocycles. The zero-order valence-electron chi connectivity index (χ0n) is 14.1. The summed E-state index contributed by atoms with van der Waals surface area (Å²) in [5.74, 6) is -1.81. The van der Waals surface area contributed by atoms with Crippen molar-refractivity contribution in [2.24, 2.45) is 0 Å². The van der Waals surface area contributed by atoms with E-state index in [1.807, 2.05) is 18.2 Å². The van der Waals surface area contributed by atoms with Gasteiger partial charge in [-0.3, -0.25) is 14.4 Å². The molecular formula is C20H18N2O4. The first-order valence-corrected chi connectivity index (χ1v) is 8.55. The first-order chi connectivity index (χ1) is 12.6. The van der Waals surface area contributed by atoms with Gasteiger partial charge in [0.05, 0.1) is 5.92 Å². The highest BCUT2D eigenvalue weighted by Crippen LogP contribution is 2.35. The van der Waals surface area contributed by atoms with E-state index in [2.05, 4.69) is 0 Å². The SMILES string of the molecule is O=C(O)C1CCN(C(=O)CN2Cc3ccccc3C2=O)c2ccccc21. The highest BCUT2D eigenvalue weighted by molar-refractivity contribution is 6.03. The average molecular weight is 350 g/mol. The van der Waals surface area contributed by atoms with Gasteiger partial charge in [-0.15, -0.1) is 0 Å². The number of rotatable bonds is 3. The quantitative estimate of drug-likeness (QED) is 0.921. The van der Waals surface area contributed by atoms with Crippen molar-refractivity contribution >= 4 is 23.5 Å². The van der Waals surface area contributed by atoms with Crippen molar-refractivity contribution in [2.75, 3.05) is 18.0 Å². The Labute approximate surface area is 150 Å². The van der Waals surface area contributed by atoms with E-state index in [1.54, 1.807) is 40.1 Å². The van der Waals surface area contributed by atoms with E-state index in [-0.39, 0.29) is 18.4 Å². The van der Waals surface area contributed by atoms with Crippen LogP contribution in [0.25, 0.3) is 0 Å². The van der Waals surface area contributed by atoms with Crippen molar-refractivity contribution < 1.29 is 19.5 Å². The third-order valence-electron chi connectivity index (χ3n) is 5.07. The van der Waals surface area contributed by atoms with Gasteiger partial charge in [-0.25, -0.2) is 0 Å². The summed E-state index contributed by atoms with van der Waals surface area (Å²) in [5.41, 5.74) is 2.84. The van der Waals surface area contributed by atoms with Crippen LogP contribution in [0, 0.1) is 0 Å². The predicted molar refractivity (Wildman–Crippen MR) is 95.0 cm³/mol. The maximum absolute atomic E-state index is 12.9. The second kappa shape index (κ2) is 6.29. The molecule has 6 nitrogen and oxygen atoms in total. The maximum atomic E-state index is 12.9. The number of carboxylic acid groups (broad SMARTS) is 1. The second-order valence-corrected chi connectivity index (χ2v) is 6.60. The molecule has 2 aliphatic rings. The first-order valence-electron chi connectivity index (χ1n) is 8.55. The Bertz CT molecular complexity index is 908. The molecule has 1 unspecified atom stereocenters. The van der Waals surface area contributed by atoms with Gasteiger partial charge in [0.2, 0.25) is 5.91 Å². The molecule has 0 bridgehead atoms. The summed E-state index contributed by atoms with van der Waals surface area (Å²) in [4.78, 5) is 40.0. The van der Waals surface area contributed by atoms with Gasteiger partial charge >= 0.3 is 5.97 Å². The van der Waals surface area contributed by atoms with E-state index in [1.165, 1.54) is 0 Å². The number of hydrogen-bond acceptors (Lipinski definition) is 3. The highest BCUT2D eigenvalue weighted by Gasteiger charge is 2.34. The number of amides is 2. The second-order valence-electron chi connectivity index (χ2n) is 6.60. The molecule has 2 aromatic carbocycles. The molecule has 0 radical (unpaired) electrons. The van der Waals surface area contributed by atoms with E-state index in [4.69, 9.17) is 0 Å². The molecule has 0 fully saturated rings. The monoisotopic (exact) mass is 350 g/mol. The Morgan fingerprint density at radius 1 is 1.08 bits per heavy atom. The fourth-order valence-corrected chi connectivity index (χ4v) is 3.77. The molecule has 0 saturated heterocycles. The minimum Gasteiger partial charge on any atom is -0.481 e.